The molecule has 1 aromatic rings. The summed E-state index contributed by atoms with van der Waals surface area (Å²) in [6, 6.07) is 4.83. The van der Waals surface area contributed by atoms with Crippen molar-refractivity contribution in [2.45, 2.75) is 13.5 Å². The molecule has 7 nitrogen and oxygen atoms in total. The van der Waals surface area contributed by atoms with Gasteiger partial charge in [-0.15, -0.1) is 12.4 Å². The lowest BCUT2D eigenvalue weighted by atomic mass is 10.1. The second kappa shape index (κ2) is 10.1. The summed E-state index contributed by atoms with van der Waals surface area (Å²) >= 11 is 0. The molecule has 21 heavy (non-hydrogen) atoms. The number of benzene rings is 1. The Morgan fingerprint density at radius 1 is 1.43 bits per heavy atom. The van der Waals surface area contributed by atoms with Gasteiger partial charge in [-0.1, -0.05) is 12.1 Å². The fourth-order valence-corrected chi connectivity index (χ4v) is 1.69. The van der Waals surface area contributed by atoms with Crippen molar-refractivity contribution in [3.63, 3.8) is 0 Å². The van der Waals surface area contributed by atoms with Gasteiger partial charge < -0.3 is 15.4 Å². The Kier molecular flexibility index (Phi) is 9.27. The Morgan fingerprint density at radius 2 is 2.14 bits per heavy atom. The van der Waals surface area contributed by atoms with Crippen LogP contribution in [0, 0.1) is 17.0 Å². The summed E-state index contributed by atoms with van der Waals surface area (Å²) in [4.78, 5) is 21.9. The molecule has 118 valence electrons. The number of halogens is 1. The Hall–Kier alpha value is -1.70. The molecule has 0 spiro atoms. The van der Waals surface area contributed by atoms with Crippen molar-refractivity contribution in [1.82, 2.24) is 10.6 Å². The van der Waals surface area contributed by atoms with Gasteiger partial charge in [-0.3, -0.25) is 14.9 Å². The lowest BCUT2D eigenvalue weighted by Gasteiger charge is -2.09. The molecule has 0 bridgehead atoms. The lowest BCUT2D eigenvalue weighted by Crippen LogP contribution is -2.34. The van der Waals surface area contributed by atoms with Crippen LogP contribution in [0.2, 0.25) is 0 Å². The SMILES string of the molecule is COCCNCC(=O)NCc1cccc([N+](=O)[O-])c1C.Cl. The molecule has 1 amide bonds. The number of nitro benzene ring substituents is 1. The summed E-state index contributed by atoms with van der Waals surface area (Å²) < 4.78 is 4.85. The second-order valence-corrected chi connectivity index (χ2v) is 4.26. The maximum atomic E-state index is 11.6. The molecule has 0 aromatic heterocycles. The van der Waals surface area contributed by atoms with Gasteiger partial charge in [-0.2, -0.15) is 0 Å². The number of methoxy groups -OCH3 is 1. The number of nitrogens with one attached hydrogen (secondary N) is 2. The minimum atomic E-state index is -0.424. The molecule has 0 atom stereocenters. The van der Waals surface area contributed by atoms with E-state index in [1.807, 2.05) is 0 Å². The first-order valence-corrected chi connectivity index (χ1v) is 6.25. The van der Waals surface area contributed by atoms with Crippen LogP contribution in [0.15, 0.2) is 18.2 Å². The molecule has 0 heterocycles. The molecular weight excluding hydrogens is 298 g/mol. The average Bonchev–Trinajstić information content (AvgIpc) is 2.42. The van der Waals surface area contributed by atoms with Crippen LogP contribution in [-0.4, -0.2) is 37.6 Å². The number of carbonyl (C=O) groups excluding carboxylic acids is 1. The van der Waals surface area contributed by atoms with E-state index in [9.17, 15) is 14.9 Å². The van der Waals surface area contributed by atoms with Gasteiger partial charge in [0.2, 0.25) is 5.91 Å². The van der Waals surface area contributed by atoms with E-state index in [2.05, 4.69) is 10.6 Å². The maximum Gasteiger partial charge on any atom is 0.272 e. The molecule has 0 unspecified atom stereocenters. The standard InChI is InChI=1S/C13H19N3O4.ClH/c1-10-11(4-3-5-12(10)16(18)19)8-15-13(17)9-14-6-7-20-2;/h3-5,14H,6-9H2,1-2H3,(H,15,17);1H. The zero-order chi connectivity index (χ0) is 15.0. The van der Waals surface area contributed by atoms with Gasteiger partial charge in [-0.05, 0) is 12.5 Å². The molecular formula is C13H20ClN3O4. The van der Waals surface area contributed by atoms with Crippen molar-refractivity contribution < 1.29 is 14.5 Å². The number of hydrogen-bond donors (Lipinski definition) is 2. The third-order valence-corrected chi connectivity index (χ3v) is 2.86. The predicted octanol–water partition coefficient (Wildman–Crippen LogP) is 1.18. The van der Waals surface area contributed by atoms with Crippen molar-refractivity contribution in [3.05, 3.63) is 39.4 Å². The molecule has 0 aliphatic rings. The van der Waals surface area contributed by atoms with Crippen molar-refractivity contribution >= 4 is 24.0 Å². The van der Waals surface area contributed by atoms with Crippen molar-refractivity contribution in [2.24, 2.45) is 0 Å². The first-order chi connectivity index (χ1) is 9.56. The van der Waals surface area contributed by atoms with Crippen LogP contribution in [0.25, 0.3) is 0 Å². The van der Waals surface area contributed by atoms with E-state index in [-0.39, 0.29) is 37.1 Å². The van der Waals surface area contributed by atoms with E-state index in [1.54, 1.807) is 26.2 Å². The van der Waals surface area contributed by atoms with Gasteiger partial charge in [0.05, 0.1) is 18.1 Å². The third kappa shape index (κ3) is 6.52. The fourth-order valence-electron chi connectivity index (χ4n) is 1.69. The minimum absolute atomic E-state index is 0. The average molecular weight is 318 g/mol. The summed E-state index contributed by atoms with van der Waals surface area (Å²) in [5, 5.41) is 16.5. The smallest absolute Gasteiger partial charge is 0.272 e. The van der Waals surface area contributed by atoms with E-state index in [1.165, 1.54) is 6.07 Å². The van der Waals surface area contributed by atoms with E-state index in [0.717, 1.165) is 5.56 Å². The third-order valence-electron chi connectivity index (χ3n) is 2.86. The van der Waals surface area contributed by atoms with Crippen LogP contribution in [0.4, 0.5) is 5.69 Å². The fraction of sp³-hybridized carbons (Fsp3) is 0.462. The van der Waals surface area contributed by atoms with Crippen molar-refractivity contribution in [3.8, 4) is 0 Å². The molecule has 0 aliphatic heterocycles. The number of rotatable bonds is 8. The quantitative estimate of drug-likeness (QED) is 0.426. The summed E-state index contributed by atoms with van der Waals surface area (Å²) in [6.07, 6.45) is 0. The van der Waals surface area contributed by atoms with Gasteiger partial charge in [0, 0.05) is 31.8 Å². The summed E-state index contributed by atoms with van der Waals surface area (Å²) in [7, 11) is 1.59. The van der Waals surface area contributed by atoms with Crippen LogP contribution in [-0.2, 0) is 16.1 Å². The van der Waals surface area contributed by atoms with Crippen LogP contribution in [0.3, 0.4) is 0 Å². The molecule has 0 radical (unpaired) electrons. The maximum absolute atomic E-state index is 11.6. The van der Waals surface area contributed by atoms with E-state index >= 15 is 0 Å². The Morgan fingerprint density at radius 3 is 2.76 bits per heavy atom. The van der Waals surface area contributed by atoms with Gasteiger partial charge in [0.25, 0.3) is 5.69 Å². The summed E-state index contributed by atoms with van der Waals surface area (Å²) in [5.41, 5.74) is 1.38. The normalized spacial score (nSPS) is 9.81. The Balaban J connectivity index is 0.00000400. The zero-order valence-electron chi connectivity index (χ0n) is 12.0. The Bertz CT molecular complexity index is 482. The number of nitro groups is 1. The molecule has 0 saturated carbocycles. The molecule has 1 aromatic carbocycles. The molecule has 0 fully saturated rings. The number of carbonyl (C=O) groups is 1. The first kappa shape index (κ1) is 19.3. The molecule has 2 N–H and O–H groups in total. The Labute approximate surface area is 129 Å². The van der Waals surface area contributed by atoms with Crippen molar-refractivity contribution in [2.75, 3.05) is 26.8 Å². The van der Waals surface area contributed by atoms with Crippen molar-refractivity contribution in [1.29, 1.82) is 0 Å². The minimum Gasteiger partial charge on any atom is -0.383 e. The number of ether oxygens (including phenoxy) is 1. The highest BCUT2D eigenvalue weighted by Gasteiger charge is 2.13. The van der Waals surface area contributed by atoms with Crippen LogP contribution < -0.4 is 10.6 Å². The summed E-state index contributed by atoms with van der Waals surface area (Å²) in [5.74, 6) is -0.160. The van der Waals surface area contributed by atoms with E-state index in [4.69, 9.17) is 4.74 Å². The van der Waals surface area contributed by atoms with Gasteiger partial charge in [0.1, 0.15) is 0 Å². The van der Waals surface area contributed by atoms with Gasteiger partial charge in [0.15, 0.2) is 0 Å². The number of amides is 1. The van der Waals surface area contributed by atoms with Gasteiger partial charge >= 0.3 is 0 Å². The number of hydrogen-bond acceptors (Lipinski definition) is 5. The predicted molar refractivity (Wildman–Crippen MR) is 81.7 cm³/mol. The summed E-state index contributed by atoms with van der Waals surface area (Å²) in [6.45, 7) is 3.28. The monoisotopic (exact) mass is 317 g/mol. The highest BCUT2D eigenvalue weighted by Crippen LogP contribution is 2.20. The largest absolute Gasteiger partial charge is 0.383 e. The zero-order valence-corrected chi connectivity index (χ0v) is 12.9. The topological polar surface area (TPSA) is 93.5 Å². The van der Waals surface area contributed by atoms with Crippen LogP contribution >= 0.6 is 12.4 Å². The molecule has 0 aliphatic carbocycles. The van der Waals surface area contributed by atoms with E-state index < -0.39 is 4.92 Å². The lowest BCUT2D eigenvalue weighted by molar-refractivity contribution is -0.385. The highest BCUT2D eigenvalue weighted by molar-refractivity contribution is 5.85. The second-order valence-electron chi connectivity index (χ2n) is 4.26. The van der Waals surface area contributed by atoms with Gasteiger partial charge in [-0.25, -0.2) is 0 Å². The van der Waals surface area contributed by atoms with Crippen LogP contribution in [0.5, 0.6) is 0 Å². The van der Waals surface area contributed by atoms with Crippen LogP contribution in [0.1, 0.15) is 11.1 Å². The number of nitrogens with zero attached hydrogens (tertiary/aromatic N) is 1. The molecule has 1 rings (SSSR count). The van der Waals surface area contributed by atoms with E-state index in [0.29, 0.717) is 18.7 Å². The first-order valence-electron chi connectivity index (χ1n) is 6.25. The molecule has 0 saturated heterocycles. The highest BCUT2D eigenvalue weighted by atomic mass is 35.5. The molecule has 8 heteroatoms.